The Morgan fingerprint density at radius 2 is 1.77 bits per heavy atom. The van der Waals surface area contributed by atoms with Crippen molar-refractivity contribution in [2.24, 2.45) is 0 Å². The lowest BCUT2D eigenvalue weighted by molar-refractivity contribution is -0.111. The number of nitrogens with one attached hydrogen (secondary N) is 2. The van der Waals surface area contributed by atoms with E-state index in [-0.39, 0.29) is 11.9 Å². The molecule has 3 heterocycles. The Bertz CT molecular complexity index is 1350. The fraction of sp³-hybridized carbons (Fsp3) is 0.310. The smallest absolute Gasteiger partial charge is 0.325 e. The zero-order valence-electron chi connectivity index (χ0n) is 22.4. The molecule has 10 heteroatoms. The predicted octanol–water partition coefficient (Wildman–Crippen LogP) is 3.71. The van der Waals surface area contributed by atoms with Crippen molar-refractivity contribution < 1.29 is 9.59 Å². The van der Waals surface area contributed by atoms with Gasteiger partial charge in [0.2, 0.25) is 11.9 Å². The summed E-state index contributed by atoms with van der Waals surface area (Å²) < 4.78 is 0. The van der Waals surface area contributed by atoms with Crippen LogP contribution in [0.2, 0.25) is 0 Å². The second kappa shape index (κ2) is 11.5. The van der Waals surface area contributed by atoms with E-state index in [1.54, 1.807) is 23.0 Å². The van der Waals surface area contributed by atoms with Crippen LogP contribution in [0.15, 0.2) is 67.4 Å². The molecule has 5 rings (SSSR count). The van der Waals surface area contributed by atoms with E-state index in [1.165, 1.54) is 11.8 Å². The first-order chi connectivity index (χ1) is 18.9. The molecule has 0 unspecified atom stereocenters. The summed E-state index contributed by atoms with van der Waals surface area (Å²) in [7, 11) is 3.88. The lowest BCUT2D eigenvalue weighted by atomic mass is 10.1. The topological polar surface area (TPSA) is 96.9 Å². The van der Waals surface area contributed by atoms with Crippen LogP contribution in [0.3, 0.4) is 0 Å². The van der Waals surface area contributed by atoms with Crippen LogP contribution in [-0.2, 0) is 17.8 Å². The quantitative estimate of drug-likeness (QED) is 0.453. The summed E-state index contributed by atoms with van der Waals surface area (Å²) in [6.45, 7) is 8.52. The van der Waals surface area contributed by atoms with Crippen molar-refractivity contribution in [1.82, 2.24) is 19.8 Å². The number of rotatable bonds is 7. The van der Waals surface area contributed by atoms with Gasteiger partial charge in [0.05, 0.1) is 0 Å². The molecule has 0 bridgehead atoms. The number of likely N-dealkylation sites (N-methyl/N-ethyl adjacent to an activating group) is 1. The summed E-state index contributed by atoms with van der Waals surface area (Å²) in [5, 5.41) is 6.10. The van der Waals surface area contributed by atoms with E-state index < -0.39 is 0 Å². The molecule has 202 valence electrons. The van der Waals surface area contributed by atoms with E-state index in [2.05, 4.69) is 51.2 Å². The van der Waals surface area contributed by atoms with Crippen LogP contribution in [0.1, 0.15) is 11.1 Å². The first-order valence-corrected chi connectivity index (χ1v) is 13.1. The number of urea groups is 1. The highest BCUT2D eigenvalue weighted by molar-refractivity contribution is 5.99. The van der Waals surface area contributed by atoms with Gasteiger partial charge in [0.15, 0.2) is 0 Å². The Morgan fingerprint density at radius 1 is 1.03 bits per heavy atom. The number of piperazine rings is 1. The van der Waals surface area contributed by atoms with E-state index in [1.807, 2.05) is 36.4 Å². The van der Waals surface area contributed by atoms with Crippen LogP contribution in [0.4, 0.5) is 33.6 Å². The maximum absolute atomic E-state index is 13.4. The van der Waals surface area contributed by atoms with E-state index in [9.17, 15) is 9.59 Å². The molecule has 0 saturated carbocycles. The molecular weight excluding hydrogens is 492 g/mol. The molecule has 39 heavy (non-hydrogen) atoms. The Hall–Kier alpha value is -4.44. The molecule has 2 aliphatic heterocycles. The summed E-state index contributed by atoms with van der Waals surface area (Å²) in [5.41, 5.74) is 4.48. The number of carbonyl (C=O) groups is 2. The molecule has 2 N–H and O–H groups in total. The van der Waals surface area contributed by atoms with Gasteiger partial charge in [0.1, 0.15) is 5.82 Å². The van der Waals surface area contributed by atoms with Crippen molar-refractivity contribution >= 4 is 40.8 Å². The van der Waals surface area contributed by atoms with Crippen molar-refractivity contribution in [2.75, 3.05) is 67.3 Å². The highest BCUT2D eigenvalue weighted by Gasteiger charge is 2.27. The van der Waals surface area contributed by atoms with Gasteiger partial charge in [0, 0.05) is 75.1 Å². The van der Waals surface area contributed by atoms with Crippen LogP contribution in [0.25, 0.3) is 0 Å². The number of para-hydroxylation sites is 1. The second-order valence-electron chi connectivity index (χ2n) is 9.87. The number of fused-ring (bicyclic) bond motifs is 1. The SMILES string of the molecule is C=CC(=O)Nc1ccccc1CN1CCc2cnc(Nc3ccc(N4CCN(C)CC4)cc3)nc2N(C)C1=O. The van der Waals surface area contributed by atoms with Gasteiger partial charge in [-0.3, -0.25) is 9.69 Å². The van der Waals surface area contributed by atoms with Crippen molar-refractivity contribution in [3.63, 3.8) is 0 Å². The molecule has 0 radical (unpaired) electrons. The molecule has 1 saturated heterocycles. The average molecular weight is 527 g/mol. The highest BCUT2D eigenvalue weighted by Crippen LogP contribution is 2.27. The Morgan fingerprint density at radius 3 is 2.51 bits per heavy atom. The van der Waals surface area contributed by atoms with E-state index in [0.29, 0.717) is 37.0 Å². The van der Waals surface area contributed by atoms with Crippen molar-refractivity contribution in [3.8, 4) is 0 Å². The summed E-state index contributed by atoms with van der Waals surface area (Å²) >= 11 is 0. The third kappa shape index (κ3) is 6.01. The number of benzene rings is 2. The lowest BCUT2D eigenvalue weighted by Crippen LogP contribution is -2.44. The van der Waals surface area contributed by atoms with E-state index in [4.69, 9.17) is 4.98 Å². The number of carbonyl (C=O) groups excluding carboxylic acids is 2. The molecule has 1 aromatic heterocycles. The molecule has 2 aromatic carbocycles. The van der Waals surface area contributed by atoms with Gasteiger partial charge in [0.25, 0.3) is 0 Å². The van der Waals surface area contributed by atoms with Crippen LogP contribution in [0, 0.1) is 0 Å². The van der Waals surface area contributed by atoms with Gasteiger partial charge < -0.3 is 25.3 Å². The zero-order valence-corrected chi connectivity index (χ0v) is 22.4. The van der Waals surface area contributed by atoms with Crippen LogP contribution in [-0.4, -0.2) is 78.5 Å². The fourth-order valence-corrected chi connectivity index (χ4v) is 4.84. The Balaban J connectivity index is 1.28. The van der Waals surface area contributed by atoms with E-state index >= 15 is 0 Å². The molecule has 2 aliphatic rings. The summed E-state index contributed by atoms with van der Waals surface area (Å²) in [4.78, 5) is 42.6. The standard InChI is InChI=1S/C29H34N8O2/c1-4-26(38)32-25-8-6-5-7-22(25)20-37-14-13-21-19-30-28(33-27(21)35(3)29(37)39)31-23-9-11-24(12-10-23)36-17-15-34(2)16-18-36/h4-12,19H,1,13-18,20H2,2-3H3,(H,32,38)(H,30,31,33). The van der Waals surface area contributed by atoms with Gasteiger partial charge in [-0.05, 0) is 55.4 Å². The summed E-state index contributed by atoms with van der Waals surface area (Å²) in [5.74, 6) is 0.729. The molecule has 1 fully saturated rings. The summed E-state index contributed by atoms with van der Waals surface area (Å²) in [6, 6.07) is 15.6. The Kier molecular flexibility index (Phi) is 7.74. The maximum atomic E-state index is 13.4. The van der Waals surface area contributed by atoms with Gasteiger partial charge in [-0.15, -0.1) is 0 Å². The first kappa shape index (κ1) is 26.2. The minimum absolute atomic E-state index is 0.167. The molecule has 0 aliphatic carbocycles. The summed E-state index contributed by atoms with van der Waals surface area (Å²) in [6.07, 6.45) is 3.63. The number of aromatic nitrogens is 2. The second-order valence-corrected chi connectivity index (χ2v) is 9.87. The number of anilines is 5. The normalized spacial score (nSPS) is 15.9. The average Bonchev–Trinajstić information content (AvgIpc) is 3.07. The Labute approximate surface area is 228 Å². The predicted molar refractivity (Wildman–Crippen MR) is 155 cm³/mol. The van der Waals surface area contributed by atoms with Crippen molar-refractivity contribution in [2.45, 2.75) is 13.0 Å². The van der Waals surface area contributed by atoms with Gasteiger partial charge in [-0.25, -0.2) is 9.78 Å². The molecule has 0 spiro atoms. The number of amides is 3. The lowest BCUT2D eigenvalue weighted by Gasteiger charge is -2.34. The van der Waals surface area contributed by atoms with E-state index in [0.717, 1.165) is 43.0 Å². The number of nitrogens with zero attached hydrogens (tertiary/aromatic N) is 6. The van der Waals surface area contributed by atoms with Crippen molar-refractivity contribution in [1.29, 1.82) is 0 Å². The molecule has 10 nitrogen and oxygen atoms in total. The number of hydrogen-bond donors (Lipinski definition) is 2. The van der Waals surface area contributed by atoms with Crippen LogP contribution < -0.4 is 20.4 Å². The maximum Gasteiger partial charge on any atom is 0.325 e. The van der Waals surface area contributed by atoms with Gasteiger partial charge >= 0.3 is 6.03 Å². The van der Waals surface area contributed by atoms with Crippen LogP contribution >= 0.6 is 0 Å². The van der Waals surface area contributed by atoms with Crippen molar-refractivity contribution in [3.05, 3.63) is 78.5 Å². The third-order valence-electron chi connectivity index (χ3n) is 7.18. The van der Waals surface area contributed by atoms with Gasteiger partial charge in [-0.1, -0.05) is 24.8 Å². The zero-order chi connectivity index (χ0) is 27.4. The van der Waals surface area contributed by atoms with Crippen LogP contribution in [0.5, 0.6) is 0 Å². The molecule has 3 aromatic rings. The molecule has 0 atom stereocenters. The molecular formula is C29H34N8O2. The minimum Gasteiger partial charge on any atom is -0.369 e. The fourth-order valence-electron chi connectivity index (χ4n) is 4.84. The molecule has 3 amide bonds. The minimum atomic E-state index is -0.293. The monoisotopic (exact) mass is 526 g/mol. The third-order valence-corrected chi connectivity index (χ3v) is 7.18. The number of hydrogen-bond acceptors (Lipinski definition) is 7. The largest absolute Gasteiger partial charge is 0.369 e. The first-order valence-electron chi connectivity index (χ1n) is 13.1. The highest BCUT2D eigenvalue weighted by atomic mass is 16.2. The van der Waals surface area contributed by atoms with Gasteiger partial charge in [-0.2, -0.15) is 4.98 Å².